The molecule has 0 heterocycles. The zero-order valence-electron chi connectivity index (χ0n) is 12.7. The lowest BCUT2D eigenvalue weighted by Crippen LogP contribution is -2.35. The Hall–Kier alpha value is -1.00. The monoisotopic (exact) mass is 285 g/mol. The second-order valence-corrected chi connectivity index (χ2v) is 6.20. The van der Waals surface area contributed by atoms with Gasteiger partial charge in [0.2, 0.25) is 0 Å². The van der Waals surface area contributed by atoms with Gasteiger partial charge < -0.3 is 5.11 Å². The van der Waals surface area contributed by atoms with Crippen LogP contribution in [0.25, 0.3) is 0 Å². The molecule has 1 aromatic rings. The minimum atomic E-state index is -0.916. The summed E-state index contributed by atoms with van der Waals surface area (Å²) in [5.41, 5.74) is 0.418. The highest BCUT2D eigenvalue weighted by atomic mass is 19.2. The summed E-state index contributed by atoms with van der Waals surface area (Å²) < 4.78 is 26.1. The van der Waals surface area contributed by atoms with Gasteiger partial charge in [0.15, 0.2) is 11.6 Å². The molecule has 1 N–H and O–H groups in total. The van der Waals surface area contributed by atoms with Crippen molar-refractivity contribution >= 4 is 0 Å². The molecule has 1 rings (SSSR count). The van der Waals surface area contributed by atoms with Crippen LogP contribution in [-0.4, -0.2) is 29.6 Å². The number of aliphatic hydroxyl groups excluding tert-OH is 1. The standard InChI is InChI=1S/C16H25F2NO/c1-11(2)8-19(9-12(3)4)10-16(20)13-5-6-14(17)15(18)7-13/h5-7,11-12,16,20H,8-10H2,1-4H3. The molecule has 0 aromatic heterocycles. The number of halogens is 2. The number of hydrogen-bond acceptors (Lipinski definition) is 2. The zero-order valence-corrected chi connectivity index (χ0v) is 12.7. The first kappa shape index (κ1) is 17.1. The molecule has 0 bridgehead atoms. The smallest absolute Gasteiger partial charge is 0.159 e. The van der Waals surface area contributed by atoms with E-state index < -0.39 is 17.7 Å². The Bertz CT molecular complexity index is 411. The Labute approximate surface area is 120 Å². The average Bonchev–Trinajstić information content (AvgIpc) is 2.30. The van der Waals surface area contributed by atoms with Crippen LogP contribution in [0.3, 0.4) is 0 Å². The second-order valence-electron chi connectivity index (χ2n) is 6.20. The predicted molar refractivity (Wildman–Crippen MR) is 77.4 cm³/mol. The first-order chi connectivity index (χ1) is 9.29. The van der Waals surface area contributed by atoms with E-state index in [-0.39, 0.29) is 0 Å². The molecule has 1 unspecified atom stereocenters. The molecule has 1 atom stereocenters. The van der Waals surface area contributed by atoms with E-state index in [4.69, 9.17) is 0 Å². The summed E-state index contributed by atoms with van der Waals surface area (Å²) in [6, 6.07) is 3.57. The van der Waals surface area contributed by atoms with Crippen LogP contribution in [0.15, 0.2) is 18.2 Å². The molecule has 2 nitrogen and oxygen atoms in total. The van der Waals surface area contributed by atoms with Crippen molar-refractivity contribution in [2.45, 2.75) is 33.8 Å². The van der Waals surface area contributed by atoms with Gasteiger partial charge in [-0.1, -0.05) is 33.8 Å². The molecule has 114 valence electrons. The van der Waals surface area contributed by atoms with Gasteiger partial charge in [-0.25, -0.2) is 8.78 Å². The van der Waals surface area contributed by atoms with E-state index >= 15 is 0 Å². The second kappa shape index (κ2) is 7.70. The van der Waals surface area contributed by atoms with E-state index in [1.807, 2.05) is 0 Å². The van der Waals surface area contributed by atoms with Crippen LogP contribution in [0.1, 0.15) is 39.4 Å². The number of rotatable bonds is 7. The minimum Gasteiger partial charge on any atom is -0.387 e. The van der Waals surface area contributed by atoms with Crippen molar-refractivity contribution in [3.63, 3.8) is 0 Å². The topological polar surface area (TPSA) is 23.5 Å². The molecule has 4 heteroatoms. The van der Waals surface area contributed by atoms with Gasteiger partial charge in [0.05, 0.1) is 6.10 Å². The minimum absolute atomic E-state index is 0.418. The van der Waals surface area contributed by atoms with Crippen molar-refractivity contribution in [1.82, 2.24) is 4.90 Å². The Morgan fingerprint density at radius 2 is 1.50 bits per heavy atom. The maximum Gasteiger partial charge on any atom is 0.159 e. The molecule has 0 aliphatic carbocycles. The fourth-order valence-corrected chi connectivity index (χ4v) is 2.33. The summed E-state index contributed by atoms with van der Waals surface area (Å²) >= 11 is 0. The van der Waals surface area contributed by atoms with Gasteiger partial charge in [0.25, 0.3) is 0 Å². The molecule has 20 heavy (non-hydrogen) atoms. The maximum absolute atomic E-state index is 13.2. The summed E-state index contributed by atoms with van der Waals surface area (Å²) in [5, 5.41) is 10.2. The van der Waals surface area contributed by atoms with E-state index in [0.29, 0.717) is 23.9 Å². The molecular formula is C16H25F2NO. The quantitative estimate of drug-likeness (QED) is 0.827. The number of benzene rings is 1. The Balaban J connectivity index is 2.73. The van der Waals surface area contributed by atoms with Gasteiger partial charge in [0.1, 0.15) is 0 Å². The lowest BCUT2D eigenvalue weighted by atomic mass is 10.1. The normalized spacial score (nSPS) is 13.5. The largest absolute Gasteiger partial charge is 0.387 e. The van der Waals surface area contributed by atoms with Crippen LogP contribution in [-0.2, 0) is 0 Å². The van der Waals surface area contributed by atoms with Crippen molar-refractivity contribution in [1.29, 1.82) is 0 Å². The molecular weight excluding hydrogens is 260 g/mol. The van der Waals surface area contributed by atoms with E-state index in [1.165, 1.54) is 6.07 Å². The summed E-state index contributed by atoms with van der Waals surface area (Å²) in [7, 11) is 0. The average molecular weight is 285 g/mol. The van der Waals surface area contributed by atoms with Crippen LogP contribution >= 0.6 is 0 Å². The summed E-state index contributed by atoms with van der Waals surface area (Å²) in [6.07, 6.45) is -0.803. The highest BCUT2D eigenvalue weighted by Crippen LogP contribution is 2.18. The number of aliphatic hydroxyl groups is 1. The van der Waals surface area contributed by atoms with E-state index in [2.05, 4.69) is 32.6 Å². The SMILES string of the molecule is CC(C)CN(CC(C)C)CC(O)c1ccc(F)c(F)c1. The molecule has 0 aliphatic rings. The molecule has 0 aliphatic heterocycles. The van der Waals surface area contributed by atoms with Crippen molar-refractivity contribution in [3.8, 4) is 0 Å². The molecule has 0 amide bonds. The third-order valence-electron chi connectivity index (χ3n) is 3.01. The summed E-state index contributed by atoms with van der Waals surface area (Å²) in [4.78, 5) is 2.17. The Kier molecular flexibility index (Phi) is 6.56. The fraction of sp³-hybridized carbons (Fsp3) is 0.625. The Morgan fingerprint density at radius 3 is 1.95 bits per heavy atom. The lowest BCUT2D eigenvalue weighted by molar-refractivity contribution is 0.0984. The van der Waals surface area contributed by atoms with Crippen molar-refractivity contribution in [2.24, 2.45) is 11.8 Å². The van der Waals surface area contributed by atoms with Gasteiger partial charge in [-0.05, 0) is 29.5 Å². The third kappa shape index (κ3) is 5.55. The van der Waals surface area contributed by atoms with Crippen LogP contribution in [0.2, 0.25) is 0 Å². The van der Waals surface area contributed by atoms with Gasteiger partial charge in [-0.3, -0.25) is 4.90 Å². The van der Waals surface area contributed by atoms with Gasteiger partial charge in [-0.2, -0.15) is 0 Å². The van der Waals surface area contributed by atoms with Crippen LogP contribution in [0, 0.1) is 23.5 Å². The van der Waals surface area contributed by atoms with Crippen LogP contribution < -0.4 is 0 Å². The predicted octanol–water partition coefficient (Wildman–Crippen LogP) is 3.61. The number of hydrogen-bond donors (Lipinski definition) is 1. The van der Waals surface area contributed by atoms with Crippen molar-refractivity contribution in [3.05, 3.63) is 35.4 Å². The molecule has 0 saturated carbocycles. The fourth-order valence-electron chi connectivity index (χ4n) is 2.33. The van der Waals surface area contributed by atoms with Crippen LogP contribution in [0.5, 0.6) is 0 Å². The highest BCUT2D eigenvalue weighted by Gasteiger charge is 2.17. The summed E-state index contributed by atoms with van der Waals surface area (Å²) in [5.74, 6) is -0.820. The molecule has 0 saturated heterocycles. The maximum atomic E-state index is 13.2. The molecule has 0 spiro atoms. The molecule has 0 radical (unpaired) electrons. The Morgan fingerprint density at radius 1 is 0.950 bits per heavy atom. The van der Waals surface area contributed by atoms with Gasteiger partial charge in [0, 0.05) is 19.6 Å². The first-order valence-corrected chi connectivity index (χ1v) is 7.15. The highest BCUT2D eigenvalue weighted by molar-refractivity contribution is 5.20. The number of nitrogens with zero attached hydrogens (tertiary/aromatic N) is 1. The van der Waals surface area contributed by atoms with E-state index in [9.17, 15) is 13.9 Å². The first-order valence-electron chi connectivity index (χ1n) is 7.15. The van der Waals surface area contributed by atoms with E-state index in [1.54, 1.807) is 0 Å². The third-order valence-corrected chi connectivity index (χ3v) is 3.01. The van der Waals surface area contributed by atoms with Crippen molar-refractivity contribution in [2.75, 3.05) is 19.6 Å². The molecule has 0 fully saturated rings. The lowest BCUT2D eigenvalue weighted by Gasteiger charge is -2.28. The molecule has 1 aromatic carbocycles. The van der Waals surface area contributed by atoms with Crippen LogP contribution in [0.4, 0.5) is 8.78 Å². The van der Waals surface area contributed by atoms with E-state index in [0.717, 1.165) is 25.2 Å². The zero-order chi connectivity index (χ0) is 15.3. The summed E-state index contributed by atoms with van der Waals surface area (Å²) in [6.45, 7) is 10.7. The van der Waals surface area contributed by atoms with Gasteiger partial charge >= 0.3 is 0 Å². The van der Waals surface area contributed by atoms with Crippen molar-refractivity contribution < 1.29 is 13.9 Å². The van der Waals surface area contributed by atoms with Gasteiger partial charge in [-0.15, -0.1) is 0 Å².